The molecular formula is C20H20F3NO4S. The molecule has 156 valence electrons. The fourth-order valence-electron chi connectivity index (χ4n) is 3.39. The summed E-state index contributed by atoms with van der Waals surface area (Å²) in [4.78, 5) is 23.9. The van der Waals surface area contributed by atoms with Crippen LogP contribution in [0.1, 0.15) is 35.4 Å². The Hall–Kier alpha value is -2.55. The average molecular weight is 427 g/mol. The van der Waals surface area contributed by atoms with Gasteiger partial charge in [0.1, 0.15) is 5.75 Å². The second-order valence-corrected chi connectivity index (χ2v) is 7.95. The lowest BCUT2D eigenvalue weighted by atomic mass is 9.82. The lowest BCUT2D eigenvalue weighted by Crippen LogP contribution is -2.32. The van der Waals surface area contributed by atoms with E-state index in [4.69, 9.17) is 5.11 Å². The van der Waals surface area contributed by atoms with Crippen LogP contribution in [0.4, 0.5) is 13.2 Å². The molecule has 3 rings (SSSR count). The molecule has 2 N–H and O–H groups in total. The number of nitrogens with one attached hydrogen (secondary N) is 1. The molecule has 9 heteroatoms. The maximum Gasteiger partial charge on any atom is 0.573 e. The Morgan fingerprint density at radius 3 is 2.34 bits per heavy atom. The summed E-state index contributed by atoms with van der Waals surface area (Å²) in [5, 5.41) is 13.7. The average Bonchev–Trinajstić information content (AvgIpc) is 3.16. The van der Waals surface area contributed by atoms with Crippen molar-refractivity contribution in [3.8, 4) is 16.9 Å². The Labute approximate surface area is 169 Å². The third-order valence-electron chi connectivity index (χ3n) is 4.99. The molecule has 0 saturated heterocycles. The highest BCUT2D eigenvalue weighted by atomic mass is 32.1. The topological polar surface area (TPSA) is 75.6 Å². The summed E-state index contributed by atoms with van der Waals surface area (Å²) in [7, 11) is 0. The van der Waals surface area contributed by atoms with Crippen LogP contribution in [0, 0.1) is 11.8 Å². The van der Waals surface area contributed by atoms with Gasteiger partial charge >= 0.3 is 12.3 Å². The van der Waals surface area contributed by atoms with Crippen LogP contribution in [0.3, 0.4) is 0 Å². The summed E-state index contributed by atoms with van der Waals surface area (Å²) >= 11 is 1.26. The minimum absolute atomic E-state index is 0.210. The number of benzene rings is 1. The van der Waals surface area contributed by atoms with Gasteiger partial charge in [-0.05, 0) is 66.3 Å². The van der Waals surface area contributed by atoms with Crippen molar-refractivity contribution in [2.24, 2.45) is 11.8 Å². The summed E-state index contributed by atoms with van der Waals surface area (Å²) in [6.07, 6.45) is -1.92. The predicted octanol–water partition coefficient (Wildman–Crippen LogP) is 4.93. The van der Waals surface area contributed by atoms with Crippen molar-refractivity contribution in [3.05, 3.63) is 40.6 Å². The SMILES string of the molecule is O=C(NC[C@H]1CC[C@H](C(=O)O)CC1)c1cc(-c2ccc(OC(F)(F)F)cc2)cs1. The summed E-state index contributed by atoms with van der Waals surface area (Å²) in [6.45, 7) is 0.502. The zero-order valence-electron chi connectivity index (χ0n) is 15.4. The summed E-state index contributed by atoms with van der Waals surface area (Å²) in [6, 6.07) is 7.17. The number of hydrogen-bond donors (Lipinski definition) is 2. The minimum Gasteiger partial charge on any atom is -0.481 e. The van der Waals surface area contributed by atoms with Gasteiger partial charge in [-0.25, -0.2) is 0 Å². The van der Waals surface area contributed by atoms with Gasteiger partial charge in [0.15, 0.2) is 0 Å². The fraction of sp³-hybridized carbons (Fsp3) is 0.400. The molecule has 5 nitrogen and oxygen atoms in total. The Balaban J connectivity index is 1.53. The van der Waals surface area contributed by atoms with Crippen molar-refractivity contribution in [1.82, 2.24) is 5.32 Å². The molecular weight excluding hydrogens is 407 g/mol. The third-order valence-corrected chi connectivity index (χ3v) is 5.92. The minimum atomic E-state index is -4.73. The van der Waals surface area contributed by atoms with Crippen molar-refractivity contribution in [2.75, 3.05) is 6.54 Å². The van der Waals surface area contributed by atoms with E-state index in [0.29, 0.717) is 29.8 Å². The van der Waals surface area contributed by atoms with Gasteiger partial charge in [0, 0.05) is 6.54 Å². The highest BCUT2D eigenvalue weighted by Crippen LogP contribution is 2.30. The first-order valence-electron chi connectivity index (χ1n) is 9.17. The largest absolute Gasteiger partial charge is 0.573 e. The van der Waals surface area contributed by atoms with Crippen LogP contribution in [0.25, 0.3) is 11.1 Å². The molecule has 1 saturated carbocycles. The molecule has 1 aliphatic carbocycles. The summed E-state index contributed by atoms with van der Waals surface area (Å²) < 4.78 is 40.5. The monoisotopic (exact) mass is 427 g/mol. The van der Waals surface area contributed by atoms with Crippen molar-refractivity contribution >= 4 is 23.2 Å². The van der Waals surface area contributed by atoms with E-state index in [1.165, 1.54) is 35.6 Å². The molecule has 2 aromatic rings. The first-order chi connectivity index (χ1) is 13.7. The van der Waals surface area contributed by atoms with Crippen LogP contribution in [-0.4, -0.2) is 29.9 Å². The Kier molecular flexibility index (Phi) is 6.46. The Morgan fingerprint density at radius 1 is 1.10 bits per heavy atom. The number of carbonyl (C=O) groups is 2. The number of thiophene rings is 1. The molecule has 1 aliphatic rings. The molecule has 0 atom stereocenters. The number of carboxylic acid groups (broad SMARTS) is 1. The van der Waals surface area contributed by atoms with Crippen molar-refractivity contribution in [3.63, 3.8) is 0 Å². The van der Waals surface area contributed by atoms with Gasteiger partial charge in [-0.15, -0.1) is 24.5 Å². The van der Waals surface area contributed by atoms with Gasteiger partial charge in [0.05, 0.1) is 10.8 Å². The molecule has 1 amide bonds. The Bertz CT molecular complexity index is 855. The number of amides is 1. The van der Waals surface area contributed by atoms with Crippen LogP contribution in [0.2, 0.25) is 0 Å². The van der Waals surface area contributed by atoms with E-state index in [9.17, 15) is 22.8 Å². The molecule has 0 radical (unpaired) electrons. The van der Waals surface area contributed by atoms with Crippen molar-refractivity contribution in [1.29, 1.82) is 0 Å². The van der Waals surface area contributed by atoms with Gasteiger partial charge in [0.25, 0.3) is 5.91 Å². The number of carboxylic acids is 1. The quantitative estimate of drug-likeness (QED) is 0.685. The van der Waals surface area contributed by atoms with E-state index >= 15 is 0 Å². The maximum absolute atomic E-state index is 12.4. The number of alkyl halides is 3. The standard InChI is InChI=1S/C20H20F3NO4S/c21-20(22,23)28-16-7-5-13(6-8-16)15-9-17(29-11-15)18(25)24-10-12-1-3-14(4-2-12)19(26)27/h5-9,11-12,14H,1-4,10H2,(H,24,25)(H,26,27)/t12-,14-. The van der Waals surface area contributed by atoms with Crippen LogP contribution < -0.4 is 10.1 Å². The predicted molar refractivity (Wildman–Crippen MR) is 102 cm³/mol. The lowest BCUT2D eigenvalue weighted by molar-refractivity contribution is -0.274. The van der Waals surface area contributed by atoms with Crippen LogP contribution in [-0.2, 0) is 4.79 Å². The third kappa shape index (κ3) is 5.96. The van der Waals surface area contributed by atoms with Gasteiger partial charge in [-0.2, -0.15) is 0 Å². The first-order valence-corrected chi connectivity index (χ1v) is 10.0. The van der Waals surface area contributed by atoms with E-state index in [0.717, 1.165) is 18.4 Å². The number of hydrogen-bond acceptors (Lipinski definition) is 4. The lowest BCUT2D eigenvalue weighted by Gasteiger charge is -2.26. The Morgan fingerprint density at radius 2 is 1.76 bits per heavy atom. The number of aliphatic carboxylic acids is 1. The highest BCUT2D eigenvalue weighted by molar-refractivity contribution is 7.12. The number of halogens is 3. The van der Waals surface area contributed by atoms with E-state index in [-0.39, 0.29) is 23.5 Å². The van der Waals surface area contributed by atoms with Crippen molar-refractivity contribution in [2.45, 2.75) is 32.0 Å². The van der Waals surface area contributed by atoms with E-state index in [2.05, 4.69) is 10.1 Å². The second kappa shape index (κ2) is 8.86. The molecule has 1 heterocycles. The highest BCUT2D eigenvalue weighted by Gasteiger charge is 2.31. The van der Waals surface area contributed by atoms with Crippen LogP contribution in [0.15, 0.2) is 35.7 Å². The normalized spacial score (nSPS) is 19.6. The van der Waals surface area contributed by atoms with Gasteiger partial charge < -0.3 is 15.2 Å². The van der Waals surface area contributed by atoms with E-state index < -0.39 is 12.3 Å². The molecule has 1 aromatic heterocycles. The molecule has 0 aliphatic heterocycles. The van der Waals surface area contributed by atoms with E-state index in [1.54, 1.807) is 11.4 Å². The molecule has 0 unspecified atom stereocenters. The first kappa shape index (κ1) is 21.2. The zero-order chi connectivity index (χ0) is 21.0. The molecule has 1 aromatic carbocycles. The van der Waals surface area contributed by atoms with Gasteiger partial charge in [0.2, 0.25) is 0 Å². The zero-order valence-corrected chi connectivity index (χ0v) is 16.2. The van der Waals surface area contributed by atoms with Gasteiger partial charge in [-0.1, -0.05) is 12.1 Å². The summed E-state index contributed by atoms with van der Waals surface area (Å²) in [5.41, 5.74) is 1.42. The van der Waals surface area contributed by atoms with Crippen molar-refractivity contribution < 1.29 is 32.6 Å². The molecule has 0 bridgehead atoms. The molecule has 1 fully saturated rings. The number of ether oxygens (including phenoxy) is 1. The fourth-order valence-corrected chi connectivity index (χ4v) is 4.23. The number of carbonyl (C=O) groups excluding carboxylic acids is 1. The summed E-state index contributed by atoms with van der Waals surface area (Å²) in [5.74, 6) is -1.27. The second-order valence-electron chi connectivity index (χ2n) is 7.04. The van der Waals surface area contributed by atoms with Crippen LogP contribution in [0.5, 0.6) is 5.75 Å². The van der Waals surface area contributed by atoms with Gasteiger partial charge in [-0.3, -0.25) is 9.59 Å². The van der Waals surface area contributed by atoms with Crippen LogP contribution >= 0.6 is 11.3 Å². The maximum atomic E-state index is 12.4. The molecule has 29 heavy (non-hydrogen) atoms. The smallest absolute Gasteiger partial charge is 0.481 e. The van der Waals surface area contributed by atoms with E-state index in [1.807, 2.05) is 0 Å². The number of rotatable bonds is 6. The molecule has 0 spiro atoms.